The molecule has 0 radical (unpaired) electrons. The van der Waals surface area contributed by atoms with Crippen molar-refractivity contribution in [2.24, 2.45) is 0 Å². The van der Waals surface area contributed by atoms with Gasteiger partial charge in [-0.05, 0) is 37.5 Å². The van der Waals surface area contributed by atoms with Gasteiger partial charge < -0.3 is 10.6 Å². The maximum Gasteiger partial charge on any atom is 0.139 e. The minimum absolute atomic E-state index is 0.230. The van der Waals surface area contributed by atoms with Gasteiger partial charge in [0.05, 0.1) is 0 Å². The third kappa shape index (κ3) is 3.48. The van der Waals surface area contributed by atoms with Crippen LogP contribution in [0.5, 0.6) is 0 Å². The van der Waals surface area contributed by atoms with Crippen molar-refractivity contribution < 1.29 is 4.39 Å². The minimum Gasteiger partial charge on any atom is -0.370 e. The number of hydrogen-bond acceptors (Lipinski definition) is 4. The maximum atomic E-state index is 13.7. The van der Waals surface area contributed by atoms with Gasteiger partial charge in [0.15, 0.2) is 0 Å². The van der Waals surface area contributed by atoms with Crippen LogP contribution in [0.1, 0.15) is 37.8 Å². The topological polar surface area (TPSA) is 49.8 Å². The predicted octanol–water partition coefficient (Wildman–Crippen LogP) is 4.22. The van der Waals surface area contributed by atoms with Gasteiger partial charge >= 0.3 is 0 Å². The highest BCUT2D eigenvalue weighted by molar-refractivity contribution is 5.66. The Morgan fingerprint density at radius 1 is 1.19 bits per heavy atom. The smallest absolute Gasteiger partial charge is 0.139 e. The van der Waals surface area contributed by atoms with E-state index in [-0.39, 0.29) is 11.7 Å². The van der Waals surface area contributed by atoms with Gasteiger partial charge in [0, 0.05) is 17.8 Å². The van der Waals surface area contributed by atoms with Crippen LogP contribution in [0.4, 0.5) is 21.7 Å². The minimum atomic E-state index is -0.230. The number of benzene rings is 1. The number of rotatable bonds is 5. The van der Waals surface area contributed by atoms with Crippen molar-refractivity contribution in [2.75, 3.05) is 17.2 Å². The fourth-order valence-corrected chi connectivity index (χ4v) is 2.16. The van der Waals surface area contributed by atoms with Crippen LogP contribution in [0.3, 0.4) is 0 Å². The lowest BCUT2D eigenvalue weighted by Crippen LogP contribution is -2.09. The molecule has 2 rings (SSSR count). The molecule has 0 aliphatic heterocycles. The summed E-state index contributed by atoms with van der Waals surface area (Å²) in [5, 5.41) is 6.43. The van der Waals surface area contributed by atoms with Crippen LogP contribution in [0.2, 0.25) is 0 Å². The molecule has 0 fully saturated rings. The molecule has 0 bridgehead atoms. The summed E-state index contributed by atoms with van der Waals surface area (Å²) in [6.45, 7) is 8.72. The summed E-state index contributed by atoms with van der Waals surface area (Å²) < 4.78 is 13.7. The molecule has 0 atom stereocenters. The molecule has 2 aromatic rings. The molecule has 0 aliphatic rings. The zero-order valence-corrected chi connectivity index (χ0v) is 12.9. The number of nitrogens with one attached hydrogen (secondary N) is 2. The Morgan fingerprint density at radius 2 is 1.90 bits per heavy atom. The fraction of sp³-hybridized carbons (Fsp3) is 0.375. The lowest BCUT2D eigenvalue weighted by molar-refractivity contribution is 0.619. The summed E-state index contributed by atoms with van der Waals surface area (Å²) in [6, 6.07) is 5.07. The highest BCUT2D eigenvalue weighted by Crippen LogP contribution is 2.30. The SMILES string of the molecule is CCNc1ncnc(Nc2ccc(C)c(F)c2)c1C(C)C. The van der Waals surface area contributed by atoms with E-state index in [2.05, 4.69) is 34.4 Å². The molecule has 0 unspecified atom stereocenters. The van der Waals surface area contributed by atoms with Gasteiger partial charge in [-0.25, -0.2) is 14.4 Å². The Labute approximate surface area is 124 Å². The number of aromatic nitrogens is 2. The van der Waals surface area contributed by atoms with Crippen molar-refractivity contribution >= 4 is 17.3 Å². The largest absolute Gasteiger partial charge is 0.370 e. The normalized spacial score (nSPS) is 10.8. The van der Waals surface area contributed by atoms with Crippen LogP contribution < -0.4 is 10.6 Å². The van der Waals surface area contributed by atoms with Crippen molar-refractivity contribution in [3.05, 3.63) is 41.5 Å². The van der Waals surface area contributed by atoms with Gasteiger partial charge in [0.2, 0.25) is 0 Å². The highest BCUT2D eigenvalue weighted by atomic mass is 19.1. The zero-order valence-electron chi connectivity index (χ0n) is 12.9. The molecule has 112 valence electrons. The second kappa shape index (κ2) is 6.52. The number of aryl methyl sites for hydroxylation is 1. The van der Waals surface area contributed by atoms with Crippen molar-refractivity contribution in [3.63, 3.8) is 0 Å². The standard InChI is InChI=1S/C16H21FN4/c1-5-18-15-14(10(2)3)16(20-9-19-15)21-12-7-6-11(4)13(17)8-12/h6-10H,5H2,1-4H3,(H2,18,19,20,21). The van der Waals surface area contributed by atoms with E-state index in [1.165, 1.54) is 12.4 Å². The highest BCUT2D eigenvalue weighted by Gasteiger charge is 2.15. The summed E-state index contributed by atoms with van der Waals surface area (Å²) in [5.41, 5.74) is 2.31. The summed E-state index contributed by atoms with van der Waals surface area (Å²) >= 11 is 0. The van der Waals surface area contributed by atoms with Crippen LogP contribution in [-0.4, -0.2) is 16.5 Å². The molecule has 0 saturated heterocycles. The van der Waals surface area contributed by atoms with E-state index in [0.717, 1.165) is 17.9 Å². The van der Waals surface area contributed by atoms with Crippen molar-refractivity contribution in [2.45, 2.75) is 33.6 Å². The lowest BCUT2D eigenvalue weighted by atomic mass is 10.0. The van der Waals surface area contributed by atoms with E-state index in [0.29, 0.717) is 17.1 Å². The molecule has 21 heavy (non-hydrogen) atoms. The van der Waals surface area contributed by atoms with Crippen LogP contribution in [0.25, 0.3) is 0 Å². The second-order valence-electron chi connectivity index (χ2n) is 5.26. The van der Waals surface area contributed by atoms with Crippen molar-refractivity contribution in [1.82, 2.24) is 9.97 Å². The van der Waals surface area contributed by atoms with E-state index < -0.39 is 0 Å². The van der Waals surface area contributed by atoms with Crippen molar-refractivity contribution in [3.8, 4) is 0 Å². The number of nitrogens with zero attached hydrogens (tertiary/aromatic N) is 2. The molecule has 0 aliphatic carbocycles. The molecule has 1 heterocycles. The Kier molecular flexibility index (Phi) is 4.73. The third-order valence-electron chi connectivity index (χ3n) is 3.24. The molecular formula is C16H21FN4. The number of anilines is 3. The molecule has 5 heteroatoms. The average Bonchev–Trinajstić information content (AvgIpc) is 2.43. The van der Waals surface area contributed by atoms with E-state index in [4.69, 9.17) is 0 Å². The third-order valence-corrected chi connectivity index (χ3v) is 3.24. The maximum absolute atomic E-state index is 13.7. The molecule has 1 aromatic carbocycles. The van der Waals surface area contributed by atoms with Gasteiger partial charge in [-0.15, -0.1) is 0 Å². The van der Waals surface area contributed by atoms with Gasteiger partial charge in [-0.2, -0.15) is 0 Å². The second-order valence-corrected chi connectivity index (χ2v) is 5.26. The average molecular weight is 288 g/mol. The number of halogens is 1. The molecule has 0 amide bonds. The van der Waals surface area contributed by atoms with Crippen LogP contribution in [0.15, 0.2) is 24.5 Å². The first kappa shape index (κ1) is 15.2. The van der Waals surface area contributed by atoms with Crippen molar-refractivity contribution in [1.29, 1.82) is 0 Å². The van der Waals surface area contributed by atoms with E-state index in [9.17, 15) is 4.39 Å². The molecule has 2 N–H and O–H groups in total. The summed E-state index contributed by atoms with van der Waals surface area (Å²) in [7, 11) is 0. The predicted molar refractivity (Wildman–Crippen MR) is 84.7 cm³/mol. The van der Waals surface area contributed by atoms with Gasteiger partial charge in [0.1, 0.15) is 23.8 Å². The molecule has 0 saturated carbocycles. The Bertz CT molecular complexity index is 626. The Balaban J connectivity index is 2.38. The first-order valence-corrected chi connectivity index (χ1v) is 7.14. The molecule has 0 spiro atoms. The first-order chi connectivity index (χ1) is 10.0. The lowest BCUT2D eigenvalue weighted by Gasteiger charge is -2.17. The monoisotopic (exact) mass is 288 g/mol. The summed E-state index contributed by atoms with van der Waals surface area (Å²) in [4.78, 5) is 8.59. The molecule has 1 aromatic heterocycles. The fourth-order valence-electron chi connectivity index (χ4n) is 2.16. The van der Waals surface area contributed by atoms with E-state index >= 15 is 0 Å². The van der Waals surface area contributed by atoms with Crippen LogP contribution in [-0.2, 0) is 0 Å². The first-order valence-electron chi connectivity index (χ1n) is 7.14. The Hall–Kier alpha value is -2.17. The summed E-state index contributed by atoms with van der Waals surface area (Å²) in [5.74, 6) is 1.54. The Morgan fingerprint density at radius 3 is 2.52 bits per heavy atom. The van der Waals surface area contributed by atoms with E-state index in [1.54, 1.807) is 13.0 Å². The molecular weight excluding hydrogens is 267 g/mol. The number of hydrogen-bond donors (Lipinski definition) is 2. The van der Waals surface area contributed by atoms with E-state index in [1.807, 2.05) is 13.0 Å². The van der Waals surface area contributed by atoms with Gasteiger partial charge in [0.25, 0.3) is 0 Å². The molecule has 4 nitrogen and oxygen atoms in total. The summed E-state index contributed by atoms with van der Waals surface area (Å²) in [6.07, 6.45) is 1.51. The quantitative estimate of drug-likeness (QED) is 0.864. The van der Waals surface area contributed by atoms with Gasteiger partial charge in [-0.1, -0.05) is 19.9 Å². The van der Waals surface area contributed by atoms with Gasteiger partial charge in [-0.3, -0.25) is 0 Å². The van der Waals surface area contributed by atoms with Crippen LogP contribution in [0, 0.1) is 12.7 Å². The zero-order chi connectivity index (χ0) is 15.4. The van der Waals surface area contributed by atoms with Crippen LogP contribution >= 0.6 is 0 Å².